The van der Waals surface area contributed by atoms with E-state index < -0.39 is 17.8 Å². The molecule has 1 aromatic heterocycles. The summed E-state index contributed by atoms with van der Waals surface area (Å²) in [4.78, 5) is 27.2. The quantitative estimate of drug-likeness (QED) is 0.789. The number of rotatable bonds is 5. The van der Waals surface area contributed by atoms with Crippen molar-refractivity contribution < 1.29 is 27.2 Å². The molecule has 4 rings (SSSR count). The van der Waals surface area contributed by atoms with Gasteiger partial charge in [0.2, 0.25) is 11.8 Å². The minimum atomic E-state index is -4.44. The van der Waals surface area contributed by atoms with Gasteiger partial charge in [-0.05, 0) is 36.6 Å². The van der Waals surface area contributed by atoms with Gasteiger partial charge in [0, 0.05) is 23.8 Å². The predicted octanol–water partition coefficient (Wildman–Crippen LogP) is 3.97. The van der Waals surface area contributed by atoms with E-state index in [0.29, 0.717) is 11.3 Å². The molecule has 1 N–H and O–H groups in total. The van der Waals surface area contributed by atoms with E-state index in [0.717, 1.165) is 30.5 Å². The largest absolute Gasteiger partial charge is 0.472 e. The fourth-order valence-electron chi connectivity index (χ4n) is 3.36. The Morgan fingerprint density at radius 1 is 1.24 bits per heavy atom. The molecule has 1 aliphatic carbocycles. The second-order valence-corrected chi connectivity index (χ2v) is 8.31. The minimum absolute atomic E-state index is 0.0360. The third kappa shape index (κ3) is 4.29. The molecule has 1 aliphatic heterocycles. The van der Waals surface area contributed by atoms with Gasteiger partial charge in [-0.2, -0.15) is 13.2 Å². The van der Waals surface area contributed by atoms with Gasteiger partial charge in [-0.25, -0.2) is 0 Å². The lowest BCUT2D eigenvalue weighted by Crippen LogP contribution is -2.48. The Morgan fingerprint density at radius 2 is 2.03 bits per heavy atom. The van der Waals surface area contributed by atoms with Gasteiger partial charge < -0.3 is 14.6 Å². The molecule has 2 atom stereocenters. The van der Waals surface area contributed by atoms with Gasteiger partial charge >= 0.3 is 6.18 Å². The van der Waals surface area contributed by atoms with Crippen LogP contribution in [0.15, 0.2) is 47.3 Å². The van der Waals surface area contributed by atoms with Crippen molar-refractivity contribution >= 4 is 23.6 Å². The van der Waals surface area contributed by atoms with E-state index in [2.05, 4.69) is 5.32 Å². The van der Waals surface area contributed by atoms with Crippen molar-refractivity contribution in [3.63, 3.8) is 0 Å². The summed E-state index contributed by atoms with van der Waals surface area (Å²) >= 11 is 1.48. The maximum Gasteiger partial charge on any atom is 0.416 e. The molecular weight excluding hydrogens is 405 g/mol. The maximum atomic E-state index is 12.9. The number of nitrogens with zero attached hydrogens (tertiary/aromatic N) is 1. The summed E-state index contributed by atoms with van der Waals surface area (Å²) in [7, 11) is 0. The fraction of sp³-hybridized carbons (Fsp3) is 0.400. The van der Waals surface area contributed by atoms with E-state index in [4.69, 9.17) is 4.42 Å². The van der Waals surface area contributed by atoms with Crippen LogP contribution in [0.3, 0.4) is 0 Å². The Kier molecular flexibility index (Phi) is 5.33. The number of amides is 2. The molecule has 5 nitrogen and oxygen atoms in total. The van der Waals surface area contributed by atoms with Gasteiger partial charge in [-0.3, -0.25) is 9.59 Å². The molecule has 154 valence electrons. The summed E-state index contributed by atoms with van der Waals surface area (Å²) in [5.74, 6) is -0.0554. The monoisotopic (exact) mass is 424 g/mol. The molecular formula is C20H19F3N2O3S. The standard InChI is InChI=1S/C20H19F3N2O3S/c21-20(22,23)15-3-1-2-12(8-15)9-24-17(26)16-11-29-19(14-6-7-28-10-14)25(16)18(27)13-4-5-13/h1-3,6-8,10,13,16,19H,4-5,9,11H2,(H,24,26). The number of furan rings is 1. The third-order valence-electron chi connectivity index (χ3n) is 5.03. The first-order valence-corrected chi connectivity index (χ1v) is 10.3. The van der Waals surface area contributed by atoms with Crippen LogP contribution in [0.1, 0.15) is 34.9 Å². The highest BCUT2D eigenvalue weighted by molar-refractivity contribution is 7.99. The van der Waals surface area contributed by atoms with Crippen LogP contribution in [0.5, 0.6) is 0 Å². The van der Waals surface area contributed by atoms with Crippen LogP contribution in [-0.2, 0) is 22.3 Å². The SMILES string of the molecule is O=C(NCc1cccc(C(F)(F)F)c1)C1CSC(c2ccoc2)N1C(=O)C1CC1. The average molecular weight is 424 g/mol. The van der Waals surface area contributed by atoms with E-state index in [1.807, 2.05) is 0 Å². The van der Waals surface area contributed by atoms with Crippen molar-refractivity contribution in [2.24, 2.45) is 5.92 Å². The van der Waals surface area contributed by atoms with E-state index in [-0.39, 0.29) is 29.7 Å². The van der Waals surface area contributed by atoms with Gasteiger partial charge in [-0.1, -0.05) is 12.1 Å². The van der Waals surface area contributed by atoms with Crippen molar-refractivity contribution in [3.05, 3.63) is 59.5 Å². The number of carbonyl (C=O) groups excluding carboxylic acids is 2. The predicted molar refractivity (Wildman–Crippen MR) is 101 cm³/mol. The lowest BCUT2D eigenvalue weighted by atomic mass is 10.1. The molecule has 0 spiro atoms. The first kappa shape index (κ1) is 19.9. The number of nitrogens with one attached hydrogen (secondary N) is 1. The van der Waals surface area contributed by atoms with Crippen LogP contribution in [0, 0.1) is 5.92 Å². The molecule has 2 aromatic rings. The van der Waals surface area contributed by atoms with Crippen molar-refractivity contribution in [1.29, 1.82) is 0 Å². The zero-order chi connectivity index (χ0) is 20.6. The summed E-state index contributed by atoms with van der Waals surface area (Å²) in [6.45, 7) is -0.0360. The average Bonchev–Trinajstić information content (AvgIpc) is 3.22. The van der Waals surface area contributed by atoms with Gasteiger partial charge in [0.05, 0.1) is 18.1 Å². The number of halogens is 3. The zero-order valence-electron chi connectivity index (χ0n) is 15.3. The summed E-state index contributed by atoms with van der Waals surface area (Å²) in [6.07, 6.45) is 0.283. The topological polar surface area (TPSA) is 62.6 Å². The first-order valence-electron chi connectivity index (χ1n) is 9.24. The highest BCUT2D eigenvalue weighted by atomic mass is 32.2. The van der Waals surface area contributed by atoms with Gasteiger partial charge in [0.25, 0.3) is 0 Å². The van der Waals surface area contributed by atoms with Crippen molar-refractivity contribution in [2.45, 2.75) is 37.0 Å². The molecule has 1 saturated carbocycles. The van der Waals surface area contributed by atoms with Crippen LogP contribution in [0.4, 0.5) is 13.2 Å². The van der Waals surface area contributed by atoms with Crippen LogP contribution in [0.25, 0.3) is 0 Å². The summed E-state index contributed by atoms with van der Waals surface area (Å²) < 4.78 is 43.7. The molecule has 2 heterocycles. The molecule has 9 heteroatoms. The fourth-order valence-corrected chi connectivity index (χ4v) is 4.77. The third-order valence-corrected chi connectivity index (χ3v) is 6.36. The summed E-state index contributed by atoms with van der Waals surface area (Å²) in [5.41, 5.74) is 0.411. The lowest BCUT2D eigenvalue weighted by molar-refractivity contribution is -0.141. The van der Waals surface area contributed by atoms with Gasteiger partial charge in [0.15, 0.2) is 0 Å². The first-order chi connectivity index (χ1) is 13.8. The van der Waals surface area contributed by atoms with E-state index in [9.17, 15) is 22.8 Å². The maximum absolute atomic E-state index is 12.9. The smallest absolute Gasteiger partial charge is 0.416 e. The van der Waals surface area contributed by atoms with E-state index >= 15 is 0 Å². The number of thioether (sulfide) groups is 1. The van der Waals surface area contributed by atoms with Crippen molar-refractivity contribution in [2.75, 3.05) is 5.75 Å². The second-order valence-electron chi connectivity index (χ2n) is 7.19. The van der Waals surface area contributed by atoms with Gasteiger partial charge in [0.1, 0.15) is 11.4 Å². The van der Waals surface area contributed by atoms with Crippen molar-refractivity contribution in [3.8, 4) is 0 Å². The van der Waals surface area contributed by atoms with E-state index in [1.165, 1.54) is 30.2 Å². The molecule has 29 heavy (non-hydrogen) atoms. The Balaban J connectivity index is 1.46. The highest BCUT2D eigenvalue weighted by Crippen LogP contribution is 2.45. The number of hydrogen-bond donors (Lipinski definition) is 1. The number of carbonyl (C=O) groups is 2. The lowest BCUT2D eigenvalue weighted by Gasteiger charge is -2.28. The Labute approximate surface area is 169 Å². The Bertz CT molecular complexity index is 897. The minimum Gasteiger partial charge on any atom is -0.472 e. The molecule has 2 aliphatic rings. The van der Waals surface area contributed by atoms with Crippen LogP contribution in [-0.4, -0.2) is 28.5 Å². The Hall–Kier alpha value is -2.42. The molecule has 2 amide bonds. The highest BCUT2D eigenvalue weighted by Gasteiger charge is 2.46. The zero-order valence-corrected chi connectivity index (χ0v) is 16.1. The number of benzene rings is 1. The van der Waals surface area contributed by atoms with Crippen LogP contribution in [0.2, 0.25) is 0 Å². The van der Waals surface area contributed by atoms with Crippen LogP contribution >= 0.6 is 11.8 Å². The number of alkyl halides is 3. The molecule has 2 unspecified atom stereocenters. The van der Waals surface area contributed by atoms with Crippen LogP contribution < -0.4 is 5.32 Å². The summed E-state index contributed by atoms with van der Waals surface area (Å²) in [5, 5.41) is 2.39. The molecule has 1 saturated heterocycles. The molecule has 0 radical (unpaired) electrons. The van der Waals surface area contributed by atoms with Gasteiger partial charge in [-0.15, -0.1) is 11.8 Å². The number of hydrogen-bond acceptors (Lipinski definition) is 4. The van der Waals surface area contributed by atoms with Crippen molar-refractivity contribution in [1.82, 2.24) is 10.2 Å². The second kappa shape index (κ2) is 7.78. The molecule has 1 aromatic carbocycles. The molecule has 2 fully saturated rings. The Morgan fingerprint density at radius 3 is 2.69 bits per heavy atom. The normalized spacial score (nSPS) is 22.0. The molecule has 0 bridgehead atoms. The summed E-state index contributed by atoms with van der Waals surface area (Å²) in [6, 6.07) is 5.95. The van der Waals surface area contributed by atoms with E-state index in [1.54, 1.807) is 17.2 Å².